The van der Waals surface area contributed by atoms with Crippen molar-refractivity contribution in [2.75, 3.05) is 12.9 Å². The topological polar surface area (TPSA) is 86.1 Å². The van der Waals surface area contributed by atoms with Gasteiger partial charge < -0.3 is 14.6 Å². The summed E-state index contributed by atoms with van der Waals surface area (Å²) in [4.78, 5) is 25.1. The summed E-state index contributed by atoms with van der Waals surface area (Å²) in [6.07, 6.45) is 0. The molecule has 2 aromatic carbocycles. The number of rotatable bonds is 9. The molecular formula is C23H26N4O3S. The third kappa shape index (κ3) is 5.52. The number of carbonyl (C=O) groups excluding carboxylic acids is 2. The summed E-state index contributed by atoms with van der Waals surface area (Å²) in [5.41, 5.74) is 1.21. The van der Waals surface area contributed by atoms with Gasteiger partial charge in [0, 0.05) is 18.2 Å². The quantitative estimate of drug-likeness (QED) is 0.402. The summed E-state index contributed by atoms with van der Waals surface area (Å²) >= 11 is 1.32. The monoisotopic (exact) mass is 438 g/mol. The van der Waals surface area contributed by atoms with E-state index >= 15 is 0 Å². The van der Waals surface area contributed by atoms with Crippen molar-refractivity contribution in [3.8, 4) is 5.75 Å². The molecule has 0 unspecified atom stereocenters. The fraction of sp³-hybridized carbons (Fsp3) is 0.304. The number of nitrogens with zero attached hydrogens (tertiary/aromatic N) is 3. The lowest BCUT2D eigenvalue weighted by Crippen LogP contribution is -2.33. The molecule has 8 heteroatoms. The van der Waals surface area contributed by atoms with Crippen LogP contribution in [0.2, 0.25) is 0 Å². The Hall–Kier alpha value is -3.13. The molecule has 1 aromatic heterocycles. The van der Waals surface area contributed by atoms with E-state index in [1.54, 1.807) is 43.5 Å². The number of benzene rings is 2. The molecule has 0 radical (unpaired) electrons. The largest absolute Gasteiger partial charge is 0.497 e. The average molecular weight is 439 g/mol. The molecule has 0 aliphatic carbocycles. The molecule has 0 saturated carbocycles. The van der Waals surface area contributed by atoms with Crippen LogP contribution in [0, 0.1) is 5.92 Å². The molecule has 0 spiro atoms. The van der Waals surface area contributed by atoms with Crippen LogP contribution in [0.25, 0.3) is 0 Å². The van der Waals surface area contributed by atoms with E-state index in [1.165, 1.54) is 11.8 Å². The minimum absolute atomic E-state index is 0.00464. The van der Waals surface area contributed by atoms with Crippen molar-refractivity contribution in [1.82, 2.24) is 20.1 Å². The zero-order valence-corrected chi connectivity index (χ0v) is 18.8. The van der Waals surface area contributed by atoms with E-state index in [-0.39, 0.29) is 29.4 Å². The molecule has 31 heavy (non-hydrogen) atoms. The van der Waals surface area contributed by atoms with Crippen molar-refractivity contribution in [3.63, 3.8) is 0 Å². The molecule has 0 saturated heterocycles. The smallest absolute Gasteiger partial charge is 0.251 e. The van der Waals surface area contributed by atoms with Crippen LogP contribution < -0.4 is 10.1 Å². The van der Waals surface area contributed by atoms with E-state index < -0.39 is 0 Å². The molecule has 162 valence electrons. The van der Waals surface area contributed by atoms with Crippen LogP contribution in [0.15, 0.2) is 59.8 Å². The lowest BCUT2D eigenvalue weighted by Gasteiger charge is -2.21. The fourth-order valence-electron chi connectivity index (χ4n) is 3.06. The predicted molar refractivity (Wildman–Crippen MR) is 121 cm³/mol. The van der Waals surface area contributed by atoms with Gasteiger partial charge in [-0.25, -0.2) is 0 Å². The van der Waals surface area contributed by atoms with Crippen LogP contribution in [0.3, 0.4) is 0 Å². The van der Waals surface area contributed by atoms with E-state index in [4.69, 9.17) is 4.74 Å². The summed E-state index contributed by atoms with van der Waals surface area (Å²) in [6, 6.07) is 15.8. The number of aromatic nitrogens is 3. The Bertz CT molecular complexity index is 1030. The second-order valence-electron chi connectivity index (χ2n) is 7.40. The lowest BCUT2D eigenvalue weighted by molar-refractivity contribution is 0.0921. The Labute approximate surface area is 186 Å². The maximum Gasteiger partial charge on any atom is 0.251 e. The molecule has 1 N–H and O–H groups in total. The summed E-state index contributed by atoms with van der Waals surface area (Å²) < 4.78 is 6.96. The van der Waals surface area contributed by atoms with Gasteiger partial charge in [-0.05, 0) is 42.3 Å². The van der Waals surface area contributed by atoms with Gasteiger partial charge in [-0.3, -0.25) is 9.59 Å². The van der Waals surface area contributed by atoms with E-state index in [0.717, 1.165) is 0 Å². The van der Waals surface area contributed by atoms with Crippen molar-refractivity contribution in [2.24, 2.45) is 13.0 Å². The van der Waals surface area contributed by atoms with Gasteiger partial charge in [-0.1, -0.05) is 43.8 Å². The summed E-state index contributed by atoms with van der Waals surface area (Å²) in [7, 11) is 3.44. The normalized spacial score (nSPS) is 11.9. The lowest BCUT2D eigenvalue weighted by atomic mass is 10.0. The minimum atomic E-state index is -0.308. The molecule has 0 bridgehead atoms. The summed E-state index contributed by atoms with van der Waals surface area (Å²) in [5, 5.41) is 12.2. The van der Waals surface area contributed by atoms with E-state index in [1.807, 2.05) is 43.7 Å². The number of amides is 1. The van der Waals surface area contributed by atoms with Gasteiger partial charge in [-0.2, -0.15) is 0 Å². The highest BCUT2D eigenvalue weighted by Gasteiger charge is 2.25. The van der Waals surface area contributed by atoms with Crippen molar-refractivity contribution in [1.29, 1.82) is 0 Å². The first-order chi connectivity index (χ1) is 14.9. The Morgan fingerprint density at radius 3 is 2.32 bits per heavy atom. The molecule has 0 fully saturated rings. The number of carbonyl (C=O) groups is 2. The number of hydrogen-bond donors (Lipinski definition) is 1. The summed E-state index contributed by atoms with van der Waals surface area (Å²) in [6.45, 7) is 4.04. The Morgan fingerprint density at radius 1 is 1.03 bits per heavy atom. The van der Waals surface area contributed by atoms with Crippen LogP contribution in [-0.4, -0.2) is 39.3 Å². The second-order valence-corrected chi connectivity index (χ2v) is 8.34. The van der Waals surface area contributed by atoms with Crippen LogP contribution in [0.1, 0.15) is 46.4 Å². The molecule has 0 aliphatic heterocycles. The third-order valence-corrected chi connectivity index (χ3v) is 5.90. The number of hydrogen-bond acceptors (Lipinski definition) is 6. The van der Waals surface area contributed by atoms with Gasteiger partial charge in [0.05, 0.1) is 18.9 Å². The molecule has 1 heterocycles. The van der Waals surface area contributed by atoms with E-state index in [9.17, 15) is 9.59 Å². The maximum absolute atomic E-state index is 12.6. The molecule has 3 aromatic rings. The standard InChI is InChI=1S/C23H26N4O3S/c1-15(2)20(24-22(29)17-8-6-5-7-9-17)21-25-26-23(27(21)3)31-14-19(28)16-10-12-18(30-4)13-11-16/h5-13,15,20H,14H2,1-4H3,(H,24,29)/t20-/m0/s1. The Kier molecular flexibility index (Phi) is 7.46. The van der Waals surface area contributed by atoms with Gasteiger partial charge in [0.2, 0.25) is 0 Å². The number of methoxy groups -OCH3 is 1. The molecule has 1 amide bonds. The van der Waals surface area contributed by atoms with Gasteiger partial charge in [0.1, 0.15) is 5.75 Å². The van der Waals surface area contributed by atoms with Gasteiger partial charge >= 0.3 is 0 Å². The van der Waals surface area contributed by atoms with Crippen molar-refractivity contribution in [3.05, 3.63) is 71.5 Å². The van der Waals surface area contributed by atoms with Crippen LogP contribution in [-0.2, 0) is 7.05 Å². The molecule has 3 rings (SSSR count). The first kappa shape index (κ1) is 22.6. The number of Topliss-reactive ketones (excluding diaryl/α,β-unsaturated/α-hetero) is 1. The first-order valence-electron chi connectivity index (χ1n) is 9.96. The van der Waals surface area contributed by atoms with Gasteiger partial charge in [-0.15, -0.1) is 10.2 Å². The molecule has 0 aliphatic rings. The highest BCUT2D eigenvalue weighted by atomic mass is 32.2. The maximum atomic E-state index is 12.6. The average Bonchev–Trinajstić information content (AvgIpc) is 3.15. The molecular weight excluding hydrogens is 412 g/mol. The summed E-state index contributed by atoms with van der Waals surface area (Å²) in [5.74, 6) is 1.54. The number of ether oxygens (including phenoxy) is 1. The van der Waals surface area contributed by atoms with Crippen LogP contribution in [0.4, 0.5) is 0 Å². The van der Waals surface area contributed by atoms with E-state index in [0.29, 0.717) is 27.9 Å². The highest BCUT2D eigenvalue weighted by molar-refractivity contribution is 7.99. The zero-order chi connectivity index (χ0) is 22.4. The minimum Gasteiger partial charge on any atom is -0.497 e. The SMILES string of the molecule is COc1ccc(C(=O)CSc2nnc([C@@H](NC(=O)c3ccccc3)C(C)C)n2C)cc1. The Morgan fingerprint density at radius 2 is 1.71 bits per heavy atom. The molecule has 1 atom stereocenters. The Balaban J connectivity index is 1.69. The number of ketones is 1. The number of nitrogens with one attached hydrogen (secondary N) is 1. The van der Waals surface area contributed by atoms with Crippen LogP contribution in [0.5, 0.6) is 5.75 Å². The highest BCUT2D eigenvalue weighted by Crippen LogP contribution is 2.25. The zero-order valence-electron chi connectivity index (χ0n) is 18.0. The van der Waals surface area contributed by atoms with Crippen molar-refractivity contribution >= 4 is 23.5 Å². The molecule has 7 nitrogen and oxygen atoms in total. The van der Waals surface area contributed by atoms with Crippen LogP contribution >= 0.6 is 11.8 Å². The second kappa shape index (κ2) is 10.3. The van der Waals surface area contributed by atoms with Gasteiger partial charge in [0.25, 0.3) is 5.91 Å². The van der Waals surface area contributed by atoms with Crippen molar-refractivity contribution < 1.29 is 14.3 Å². The fourth-order valence-corrected chi connectivity index (χ4v) is 3.87. The van der Waals surface area contributed by atoms with E-state index in [2.05, 4.69) is 15.5 Å². The predicted octanol–water partition coefficient (Wildman–Crippen LogP) is 3.93. The van der Waals surface area contributed by atoms with Crippen molar-refractivity contribution in [2.45, 2.75) is 25.0 Å². The first-order valence-corrected chi connectivity index (χ1v) is 10.9. The third-order valence-electron chi connectivity index (χ3n) is 4.88. The number of thioether (sulfide) groups is 1. The van der Waals surface area contributed by atoms with Gasteiger partial charge in [0.15, 0.2) is 16.8 Å².